The Balaban J connectivity index is 1.00. The van der Waals surface area contributed by atoms with Gasteiger partial charge < -0.3 is 14.6 Å². The molecule has 3 aliphatic carbocycles. The molecule has 0 bridgehead atoms. The predicted octanol–water partition coefficient (Wildman–Crippen LogP) is 7.44. The van der Waals surface area contributed by atoms with Crippen molar-refractivity contribution in [3.63, 3.8) is 0 Å². The number of piperidine rings is 1. The van der Waals surface area contributed by atoms with Gasteiger partial charge >= 0.3 is 0 Å². The van der Waals surface area contributed by atoms with Gasteiger partial charge in [-0.05, 0) is 147 Å². The zero-order valence-electron chi connectivity index (χ0n) is 23.5. The summed E-state index contributed by atoms with van der Waals surface area (Å²) in [7, 11) is 0. The van der Waals surface area contributed by atoms with Crippen molar-refractivity contribution in [3.05, 3.63) is 53.6 Å². The lowest BCUT2D eigenvalue weighted by molar-refractivity contribution is 0.000917. The molecule has 2 aromatic rings. The van der Waals surface area contributed by atoms with Gasteiger partial charge in [0.05, 0.1) is 6.61 Å². The van der Waals surface area contributed by atoms with Gasteiger partial charge in [-0.25, -0.2) is 0 Å². The summed E-state index contributed by atoms with van der Waals surface area (Å²) in [5.74, 6) is 6.01. The molecule has 1 aliphatic heterocycles. The third-order valence-electron chi connectivity index (χ3n) is 10.9. The molecule has 38 heavy (non-hydrogen) atoms. The van der Waals surface area contributed by atoms with Gasteiger partial charge in [0, 0.05) is 6.54 Å². The summed E-state index contributed by atoms with van der Waals surface area (Å²) in [5.41, 5.74) is 3.35. The summed E-state index contributed by atoms with van der Waals surface area (Å²) in [6.07, 6.45) is 11.6. The van der Waals surface area contributed by atoms with Crippen molar-refractivity contribution >= 4 is 0 Å². The van der Waals surface area contributed by atoms with Crippen molar-refractivity contribution in [2.24, 2.45) is 29.1 Å². The standard InChI is InChI=1S/C34H47NO3/c1-24-22-25-23-27(36)7-12-30(25)31-14-16-34(2)26(6-13-32(34)33(24)31)15-20-37-28-8-10-29(11-9-28)38-21-19-35-17-4-3-5-18-35/h7-12,23-24,26,31-33,36H,3-6,13-22H2,1-2H3/t24-,26-,31?,32?,33?,34?/m1/s1. The number of phenolic OH excluding ortho intramolecular Hbond substituents is 1. The SMILES string of the molecule is C[C@@H]1Cc2cc(O)ccc2C2CCC3(C)C(CC[C@@H]3CCOc3ccc(OCCN4CCCCC4)cc3)C21. The summed E-state index contributed by atoms with van der Waals surface area (Å²) in [6.45, 7) is 10.1. The first-order valence-corrected chi connectivity index (χ1v) is 15.4. The van der Waals surface area contributed by atoms with Crippen LogP contribution in [-0.2, 0) is 6.42 Å². The van der Waals surface area contributed by atoms with E-state index in [2.05, 4.69) is 49.1 Å². The molecule has 0 aromatic heterocycles. The van der Waals surface area contributed by atoms with Crippen LogP contribution in [0.25, 0.3) is 0 Å². The minimum absolute atomic E-state index is 0.422. The molecule has 3 fully saturated rings. The van der Waals surface area contributed by atoms with E-state index in [1.807, 2.05) is 12.1 Å². The Labute approximate surface area is 229 Å². The molecule has 4 aliphatic rings. The normalized spacial score (nSPS) is 32.7. The molecule has 2 saturated carbocycles. The molecule has 1 heterocycles. The Bertz CT molecular complexity index is 1080. The molecule has 2 aromatic carbocycles. The molecule has 1 saturated heterocycles. The lowest BCUT2D eigenvalue weighted by Crippen LogP contribution is -2.45. The van der Waals surface area contributed by atoms with Crippen LogP contribution in [0.2, 0.25) is 0 Å². The van der Waals surface area contributed by atoms with Crippen LogP contribution in [-0.4, -0.2) is 42.9 Å². The van der Waals surface area contributed by atoms with Gasteiger partial charge in [0.15, 0.2) is 0 Å². The molecular weight excluding hydrogens is 470 g/mol. The Morgan fingerprint density at radius 1 is 0.921 bits per heavy atom. The highest BCUT2D eigenvalue weighted by Crippen LogP contribution is 2.64. The van der Waals surface area contributed by atoms with E-state index in [-0.39, 0.29) is 0 Å². The number of hydrogen-bond acceptors (Lipinski definition) is 4. The van der Waals surface area contributed by atoms with Gasteiger partial charge in [-0.15, -0.1) is 0 Å². The number of hydrogen-bond donors (Lipinski definition) is 1. The number of benzene rings is 2. The van der Waals surface area contributed by atoms with E-state index in [1.54, 1.807) is 0 Å². The molecule has 1 N–H and O–H groups in total. The fourth-order valence-corrected chi connectivity index (χ4v) is 8.97. The first-order valence-electron chi connectivity index (χ1n) is 15.4. The van der Waals surface area contributed by atoms with Crippen molar-refractivity contribution in [1.29, 1.82) is 0 Å². The van der Waals surface area contributed by atoms with E-state index in [9.17, 15) is 5.11 Å². The van der Waals surface area contributed by atoms with Crippen LogP contribution in [0.3, 0.4) is 0 Å². The molecule has 6 atom stereocenters. The highest BCUT2D eigenvalue weighted by atomic mass is 16.5. The summed E-state index contributed by atoms with van der Waals surface area (Å²) in [4.78, 5) is 2.51. The first kappa shape index (κ1) is 26.0. The van der Waals surface area contributed by atoms with Crippen molar-refractivity contribution in [1.82, 2.24) is 4.90 Å². The Morgan fingerprint density at radius 2 is 1.66 bits per heavy atom. The molecule has 4 unspecified atom stereocenters. The third kappa shape index (κ3) is 5.18. The number of nitrogens with zero attached hydrogens (tertiary/aromatic N) is 1. The van der Waals surface area contributed by atoms with Crippen LogP contribution >= 0.6 is 0 Å². The fourth-order valence-electron chi connectivity index (χ4n) is 8.97. The maximum Gasteiger partial charge on any atom is 0.119 e. The Hall–Kier alpha value is -2.20. The molecule has 0 radical (unpaired) electrons. The topological polar surface area (TPSA) is 41.9 Å². The maximum absolute atomic E-state index is 10.0. The van der Waals surface area contributed by atoms with E-state index >= 15 is 0 Å². The van der Waals surface area contributed by atoms with Crippen LogP contribution in [0.4, 0.5) is 0 Å². The highest BCUT2D eigenvalue weighted by molar-refractivity contribution is 5.40. The molecule has 0 amide bonds. The van der Waals surface area contributed by atoms with Crippen LogP contribution < -0.4 is 9.47 Å². The van der Waals surface area contributed by atoms with Gasteiger partial charge in [-0.1, -0.05) is 26.3 Å². The Morgan fingerprint density at radius 3 is 2.42 bits per heavy atom. The van der Waals surface area contributed by atoms with Crippen molar-refractivity contribution in [2.45, 2.75) is 77.6 Å². The Kier molecular flexibility index (Phi) is 7.62. The van der Waals surface area contributed by atoms with E-state index in [0.29, 0.717) is 23.0 Å². The summed E-state index contributed by atoms with van der Waals surface area (Å²) in [5, 5.41) is 10.0. The van der Waals surface area contributed by atoms with Crippen LogP contribution in [0.15, 0.2) is 42.5 Å². The van der Waals surface area contributed by atoms with Gasteiger partial charge in [0.1, 0.15) is 23.9 Å². The number of aromatic hydroxyl groups is 1. The predicted molar refractivity (Wildman–Crippen MR) is 153 cm³/mol. The summed E-state index contributed by atoms with van der Waals surface area (Å²) >= 11 is 0. The number of likely N-dealkylation sites (tertiary alicyclic amines) is 1. The number of phenols is 1. The van der Waals surface area contributed by atoms with Gasteiger partial charge in [-0.2, -0.15) is 0 Å². The van der Waals surface area contributed by atoms with Crippen LogP contribution in [0.5, 0.6) is 17.2 Å². The first-order chi connectivity index (χ1) is 18.5. The second-order valence-corrected chi connectivity index (χ2v) is 13.0. The molecule has 0 spiro atoms. The monoisotopic (exact) mass is 517 g/mol. The van der Waals surface area contributed by atoms with Crippen molar-refractivity contribution in [3.8, 4) is 17.2 Å². The minimum atomic E-state index is 0.422. The second-order valence-electron chi connectivity index (χ2n) is 13.0. The molecular formula is C34H47NO3. The van der Waals surface area contributed by atoms with E-state index in [0.717, 1.165) is 61.9 Å². The molecule has 206 valence electrons. The van der Waals surface area contributed by atoms with Gasteiger partial charge in [0.2, 0.25) is 0 Å². The van der Waals surface area contributed by atoms with Crippen LogP contribution in [0.1, 0.15) is 82.3 Å². The number of rotatable bonds is 8. The maximum atomic E-state index is 10.0. The van der Waals surface area contributed by atoms with E-state index < -0.39 is 0 Å². The van der Waals surface area contributed by atoms with Gasteiger partial charge in [-0.3, -0.25) is 4.90 Å². The lowest BCUT2D eigenvalue weighted by atomic mass is 9.51. The van der Waals surface area contributed by atoms with Crippen molar-refractivity contribution in [2.75, 3.05) is 32.8 Å². The summed E-state index contributed by atoms with van der Waals surface area (Å²) in [6, 6.07) is 14.4. The quantitative estimate of drug-likeness (QED) is 0.395. The zero-order valence-corrected chi connectivity index (χ0v) is 23.5. The van der Waals surface area contributed by atoms with Crippen LogP contribution in [0, 0.1) is 29.1 Å². The average Bonchev–Trinajstić information content (AvgIpc) is 3.26. The average molecular weight is 518 g/mol. The van der Waals surface area contributed by atoms with Crippen molar-refractivity contribution < 1.29 is 14.6 Å². The molecule has 6 rings (SSSR count). The number of ether oxygens (including phenoxy) is 2. The van der Waals surface area contributed by atoms with E-state index in [4.69, 9.17) is 9.47 Å². The fraction of sp³-hybridized carbons (Fsp3) is 0.647. The minimum Gasteiger partial charge on any atom is -0.508 e. The number of fused-ring (bicyclic) bond motifs is 5. The van der Waals surface area contributed by atoms with E-state index in [1.165, 1.54) is 69.2 Å². The smallest absolute Gasteiger partial charge is 0.119 e. The third-order valence-corrected chi connectivity index (χ3v) is 10.9. The second kappa shape index (κ2) is 11.1. The largest absolute Gasteiger partial charge is 0.508 e. The highest BCUT2D eigenvalue weighted by Gasteiger charge is 2.55. The zero-order chi connectivity index (χ0) is 26.1. The molecule has 4 heteroatoms. The molecule has 4 nitrogen and oxygen atoms in total. The van der Waals surface area contributed by atoms with Gasteiger partial charge in [0.25, 0.3) is 0 Å². The lowest BCUT2D eigenvalue weighted by Gasteiger charge is -2.53. The summed E-state index contributed by atoms with van der Waals surface area (Å²) < 4.78 is 12.2.